The number of morpholine rings is 1. The maximum atomic E-state index is 13.4. The number of carbonyl (C=O) groups is 2. The van der Waals surface area contributed by atoms with Crippen molar-refractivity contribution in [3.63, 3.8) is 0 Å². The van der Waals surface area contributed by atoms with Gasteiger partial charge in [0.15, 0.2) is 0 Å². The van der Waals surface area contributed by atoms with Crippen molar-refractivity contribution < 1.29 is 14.3 Å². The Bertz CT molecular complexity index is 1170. The molecular weight excluding hydrogens is 406 g/mol. The number of hydrogen-bond acceptors (Lipinski definition) is 4. The van der Waals surface area contributed by atoms with Gasteiger partial charge in [-0.05, 0) is 42.7 Å². The van der Waals surface area contributed by atoms with Gasteiger partial charge in [-0.3, -0.25) is 9.59 Å². The van der Waals surface area contributed by atoms with Gasteiger partial charge in [-0.2, -0.15) is 0 Å². The number of aromatic amines is 2. The summed E-state index contributed by atoms with van der Waals surface area (Å²) in [6.45, 7) is 8.70. The van der Waals surface area contributed by atoms with Crippen molar-refractivity contribution in [1.82, 2.24) is 24.8 Å². The van der Waals surface area contributed by atoms with Gasteiger partial charge >= 0.3 is 0 Å². The van der Waals surface area contributed by atoms with Crippen molar-refractivity contribution in [1.29, 1.82) is 0 Å². The van der Waals surface area contributed by atoms with Crippen molar-refractivity contribution in [2.24, 2.45) is 0 Å². The molecule has 4 heterocycles. The third kappa shape index (κ3) is 3.31. The van der Waals surface area contributed by atoms with Gasteiger partial charge in [-0.1, -0.05) is 6.08 Å². The highest BCUT2D eigenvalue weighted by atomic mass is 16.5. The summed E-state index contributed by atoms with van der Waals surface area (Å²) in [6, 6.07) is 5.91. The second kappa shape index (κ2) is 8.27. The van der Waals surface area contributed by atoms with Crippen LogP contribution in [0.25, 0.3) is 11.0 Å². The molecule has 0 spiro atoms. The van der Waals surface area contributed by atoms with Gasteiger partial charge in [-0.25, -0.2) is 4.98 Å². The second-order valence-corrected chi connectivity index (χ2v) is 8.37. The summed E-state index contributed by atoms with van der Waals surface area (Å²) in [5.74, 6) is -0.102. The number of fused-ring (bicyclic) bond motifs is 2. The van der Waals surface area contributed by atoms with Gasteiger partial charge in [0.1, 0.15) is 11.2 Å². The molecule has 1 fully saturated rings. The molecule has 2 N–H and O–H groups in total. The van der Waals surface area contributed by atoms with Crippen LogP contribution in [0.5, 0.6) is 0 Å². The monoisotopic (exact) mass is 433 g/mol. The van der Waals surface area contributed by atoms with E-state index in [1.807, 2.05) is 34.2 Å². The number of hydrogen-bond donors (Lipinski definition) is 2. The van der Waals surface area contributed by atoms with Crippen LogP contribution in [0.2, 0.25) is 0 Å². The Balaban J connectivity index is 1.61. The van der Waals surface area contributed by atoms with Crippen LogP contribution in [0.3, 0.4) is 0 Å². The van der Waals surface area contributed by atoms with Crippen LogP contribution < -0.4 is 0 Å². The van der Waals surface area contributed by atoms with Crippen molar-refractivity contribution in [3.8, 4) is 0 Å². The van der Waals surface area contributed by atoms with Gasteiger partial charge in [0, 0.05) is 37.8 Å². The first kappa shape index (κ1) is 20.5. The molecule has 2 aliphatic rings. The molecule has 0 saturated carbocycles. The molecule has 2 amide bonds. The van der Waals surface area contributed by atoms with E-state index in [1.165, 1.54) is 0 Å². The van der Waals surface area contributed by atoms with E-state index in [0.717, 1.165) is 23.1 Å². The largest absolute Gasteiger partial charge is 0.378 e. The van der Waals surface area contributed by atoms with Crippen molar-refractivity contribution in [2.75, 3.05) is 32.8 Å². The predicted octanol–water partition coefficient (Wildman–Crippen LogP) is 2.92. The quantitative estimate of drug-likeness (QED) is 0.605. The van der Waals surface area contributed by atoms with Crippen LogP contribution in [0.15, 0.2) is 43.4 Å². The van der Waals surface area contributed by atoms with Crippen LogP contribution in [0, 0.1) is 0 Å². The summed E-state index contributed by atoms with van der Waals surface area (Å²) in [7, 11) is 0. The third-order valence-electron chi connectivity index (χ3n) is 6.57. The van der Waals surface area contributed by atoms with Crippen LogP contribution >= 0.6 is 0 Å². The van der Waals surface area contributed by atoms with Crippen LogP contribution in [-0.4, -0.2) is 75.5 Å². The Morgan fingerprint density at radius 3 is 2.91 bits per heavy atom. The van der Waals surface area contributed by atoms with E-state index in [0.29, 0.717) is 49.6 Å². The molecule has 3 aromatic rings. The highest BCUT2D eigenvalue weighted by Gasteiger charge is 2.39. The number of ether oxygens (including phenoxy) is 1. The van der Waals surface area contributed by atoms with Gasteiger partial charge in [0.2, 0.25) is 0 Å². The van der Waals surface area contributed by atoms with E-state index in [2.05, 4.69) is 34.5 Å². The molecule has 2 aliphatic heterocycles. The molecule has 0 radical (unpaired) electrons. The first-order chi connectivity index (χ1) is 15.6. The fourth-order valence-corrected chi connectivity index (χ4v) is 4.94. The lowest BCUT2D eigenvalue weighted by atomic mass is 9.81. The Kier molecular flexibility index (Phi) is 5.30. The summed E-state index contributed by atoms with van der Waals surface area (Å²) in [5.41, 5.74) is 4.63. The number of rotatable bonds is 5. The molecule has 1 aromatic carbocycles. The molecule has 0 bridgehead atoms. The van der Waals surface area contributed by atoms with E-state index in [1.54, 1.807) is 6.33 Å². The highest BCUT2D eigenvalue weighted by Crippen LogP contribution is 2.39. The van der Waals surface area contributed by atoms with Gasteiger partial charge in [0.05, 0.1) is 30.6 Å². The fraction of sp³-hybridized carbons (Fsp3) is 0.375. The van der Waals surface area contributed by atoms with Crippen molar-refractivity contribution in [3.05, 3.63) is 65.8 Å². The maximum absolute atomic E-state index is 13.4. The van der Waals surface area contributed by atoms with E-state index in [4.69, 9.17) is 4.74 Å². The lowest BCUT2D eigenvalue weighted by molar-refractivity contribution is 0.0304. The zero-order valence-corrected chi connectivity index (χ0v) is 18.1. The average molecular weight is 434 g/mol. The Hall–Kier alpha value is -3.39. The summed E-state index contributed by atoms with van der Waals surface area (Å²) in [5, 5.41) is 0. The smallest absolute Gasteiger partial charge is 0.270 e. The van der Waals surface area contributed by atoms with Gasteiger partial charge in [0.25, 0.3) is 11.8 Å². The van der Waals surface area contributed by atoms with Crippen molar-refractivity contribution in [2.45, 2.75) is 25.3 Å². The lowest BCUT2D eigenvalue weighted by Gasteiger charge is -2.39. The molecule has 0 aliphatic carbocycles. The molecule has 166 valence electrons. The maximum Gasteiger partial charge on any atom is 0.270 e. The van der Waals surface area contributed by atoms with Crippen LogP contribution in [0.4, 0.5) is 0 Å². The zero-order chi connectivity index (χ0) is 22.2. The normalized spacial score (nSPS) is 21.1. The molecule has 8 nitrogen and oxygen atoms in total. The molecule has 5 rings (SSSR count). The van der Waals surface area contributed by atoms with E-state index in [-0.39, 0.29) is 23.8 Å². The topological polar surface area (TPSA) is 94.3 Å². The Morgan fingerprint density at radius 1 is 1.31 bits per heavy atom. The van der Waals surface area contributed by atoms with E-state index in [9.17, 15) is 9.59 Å². The Labute approximate surface area is 186 Å². The molecule has 2 unspecified atom stereocenters. The minimum absolute atomic E-state index is 0.00262. The Morgan fingerprint density at radius 2 is 2.12 bits per heavy atom. The molecule has 32 heavy (non-hydrogen) atoms. The van der Waals surface area contributed by atoms with Crippen LogP contribution in [-0.2, 0) is 4.74 Å². The number of H-pyrrole nitrogens is 2. The van der Waals surface area contributed by atoms with Gasteiger partial charge < -0.3 is 24.5 Å². The summed E-state index contributed by atoms with van der Waals surface area (Å²) in [4.78, 5) is 41.0. The summed E-state index contributed by atoms with van der Waals surface area (Å²) >= 11 is 0. The molecular formula is C24H27N5O3. The molecule has 8 heteroatoms. The number of nitrogens with one attached hydrogen (secondary N) is 2. The summed E-state index contributed by atoms with van der Waals surface area (Å²) in [6.07, 6.45) is 5.98. The van der Waals surface area contributed by atoms with E-state index < -0.39 is 0 Å². The molecule has 2 aromatic heterocycles. The number of imidazole rings is 1. The summed E-state index contributed by atoms with van der Waals surface area (Å²) < 4.78 is 5.41. The third-order valence-corrected chi connectivity index (χ3v) is 6.57. The second-order valence-electron chi connectivity index (χ2n) is 8.37. The van der Waals surface area contributed by atoms with E-state index >= 15 is 0 Å². The molecule has 1 saturated heterocycles. The zero-order valence-electron chi connectivity index (χ0n) is 18.1. The minimum atomic E-state index is -0.0718. The number of aromatic nitrogens is 3. The number of benzene rings is 1. The number of carbonyl (C=O) groups excluding carboxylic acids is 2. The SMILES string of the molecule is C=CCCN1C(=O)c2[nH]ccc2C(c2cc(C(=O)N3CCOCC3)c3nc[nH]c3c2)C1C. The first-order valence-corrected chi connectivity index (χ1v) is 11.0. The van der Waals surface area contributed by atoms with Crippen molar-refractivity contribution >= 4 is 22.8 Å². The first-order valence-electron chi connectivity index (χ1n) is 11.0. The standard InChI is InChI=1S/C24H27N5O3/c1-3-4-7-29-15(2)20(17-5-6-25-22(17)24(29)31)16-12-18(21-19(13-16)26-14-27-21)23(30)28-8-10-32-11-9-28/h3,5-6,12-15,20,25H,1,4,7-11H2,2H3,(H,26,27). The molecule has 2 atom stereocenters. The average Bonchev–Trinajstić information content (AvgIpc) is 3.48. The number of nitrogens with zero attached hydrogens (tertiary/aromatic N) is 3. The number of amides is 2. The van der Waals surface area contributed by atoms with Crippen LogP contribution in [0.1, 0.15) is 51.2 Å². The minimum Gasteiger partial charge on any atom is -0.378 e. The lowest BCUT2D eigenvalue weighted by Crippen LogP contribution is -2.47. The van der Waals surface area contributed by atoms with Gasteiger partial charge in [-0.15, -0.1) is 6.58 Å². The fourth-order valence-electron chi connectivity index (χ4n) is 4.94. The highest BCUT2D eigenvalue weighted by molar-refractivity contribution is 6.05. The predicted molar refractivity (Wildman–Crippen MR) is 121 cm³/mol.